The maximum atomic E-state index is 10.5. The van der Waals surface area contributed by atoms with Crippen LogP contribution in [0.15, 0.2) is 18.2 Å². The van der Waals surface area contributed by atoms with Crippen LogP contribution in [0, 0.1) is 6.92 Å². The summed E-state index contributed by atoms with van der Waals surface area (Å²) in [4.78, 5) is 2.54. The van der Waals surface area contributed by atoms with E-state index in [-0.39, 0.29) is 0 Å². The molecule has 0 spiro atoms. The molecule has 1 aromatic carbocycles. The summed E-state index contributed by atoms with van der Waals surface area (Å²) in [6, 6.07) is 6.05. The third-order valence-electron chi connectivity index (χ3n) is 3.98. The van der Waals surface area contributed by atoms with Crippen molar-refractivity contribution in [3.63, 3.8) is 0 Å². The van der Waals surface area contributed by atoms with Crippen molar-refractivity contribution in [2.24, 2.45) is 5.73 Å². The number of aryl methyl sites for hydroxylation is 1. The molecule has 0 aliphatic heterocycles. The fourth-order valence-electron chi connectivity index (χ4n) is 2.89. The highest BCUT2D eigenvalue weighted by molar-refractivity contribution is 7.80. The molecule has 0 bridgehead atoms. The summed E-state index contributed by atoms with van der Waals surface area (Å²) in [6.45, 7) is 2.69. The van der Waals surface area contributed by atoms with Gasteiger partial charge in [0.15, 0.2) is 0 Å². The second-order valence-corrected chi connectivity index (χ2v) is 6.09. The van der Waals surface area contributed by atoms with Gasteiger partial charge in [-0.25, -0.2) is 0 Å². The van der Waals surface area contributed by atoms with Gasteiger partial charge in [0.2, 0.25) is 0 Å². The van der Waals surface area contributed by atoms with Gasteiger partial charge in [0.1, 0.15) is 4.99 Å². The van der Waals surface area contributed by atoms with Gasteiger partial charge in [-0.2, -0.15) is 0 Å². The monoisotopic (exact) mass is 278 g/mol. The lowest BCUT2D eigenvalue weighted by Crippen LogP contribution is -2.39. The number of benzene rings is 1. The minimum atomic E-state index is -0.523. The number of aliphatic hydroxyl groups is 1. The largest absolute Gasteiger partial charge is 0.389 e. The van der Waals surface area contributed by atoms with Crippen LogP contribution in [0.25, 0.3) is 0 Å². The van der Waals surface area contributed by atoms with Gasteiger partial charge in [-0.1, -0.05) is 25.1 Å². The summed E-state index contributed by atoms with van der Waals surface area (Å²) in [7, 11) is 2.02. The summed E-state index contributed by atoms with van der Waals surface area (Å²) in [5.41, 5.74) is 8.25. The molecular formula is C15H22N2OS. The van der Waals surface area contributed by atoms with Crippen LogP contribution in [0.3, 0.4) is 0 Å². The second kappa shape index (κ2) is 5.47. The van der Waals surface area contributed by atoms with E-state index >= 15 is 0 Å². The van der Waals surface area contributed by atoms with E-state index < -0.39 is 5.60 Å². The topological polar surface area (TPSA) is 49.5 Å². The number of nitrogens with two attached hydrogens (primary N) is 1. The molecule has 0 atom stereocenters. The van der Waals surface area contributed by atoms with Crippen LogP contribution >= 0.6 is 12.2 Å². The summed E-state index contributed by atoms with van der Waals surface area (Å²) < 4.78 is 0. The van der Waals surface area contributed by atoms with Crippen LogP contribution in [0.5, 0.6) is 0 Å². The molecule has 1 aliphatic carbocycles. The van der Waals surface area contributed by atoms with Crippen LogP contribution in [-0.4, -0.2) is 29.3 Å². The molecule has 1 aliphatic rings. The van der Waals surface area contributed by atoms with Crippen LogP contribution in [0.2, 0.25) is 0 Å². The smallest absolute Gasteiger partial charge is 0.104 e. The Morgan fingerprint density at radius 3 is 2.58 bits per heavy atom. The molecule has 0 radical (unpaired) electrons. The number of anilines is 1. The normalized spacial score (nSPS) is 17.4. The van der Waals surface area contributed by atoms with Crippen LogP contribution in [0.4, 0.5) is 5.69 Å². The fourth-order valence-corrected chi connectivity index (χ4v) is 3.11. The van der Waals surface area contributed by atoms with Gasteiger partial charge in [-0.3, -0.25) is 0 Å². The Kier molecular flexibility index (Phi) is 4.11. The minimum Gasteiger partial charge on any atom is -0.389 e. The number of nitrogens with zero attached hydrogens (tertiary/aromatic N) is 1. The number of hydrogen-bond acceptors (Lipinski definition) is 3. The Bertz CT molecular complexity index is 481. The lowest BCUT2D eigenvalue weighted by molar-refractivity contribution is 0.0559. The number of hydrogen-bond donors (Lipinski definition) is 2. The maximum Gasteiger partial charge on any atom is 0.104 e. The Morgan fingerprint density at radius 1 is 1.42 bits per heavy atom. The molecule has 0 amide bonds. The molecular weight excluding hydrogens is 256 g/mol. The Morgan fingerprint density at radius 2 is 2.05 bits per heavy atom. The fraction of sp³-hybridized carbons (Fsp3) is 0.533. The Hall–Kier alpha value is -1.13. The molecule has 3 nitrogen and oxygen atoms in total. The van der Waals surface area contributed by atoms with Crippen molar-refractivity contribution in [2.75, 3.05) is 18.5 Å². The summed E-state index contributed by atoms with van der Waals surface area (Å²) in [5, 5.41) is 10.5. The number of rotatable bonds is 4. The number of thiocarbonyl (C=S) groups is 1. The highest BCUT2D eigenvalue weighted by Crippen LogP contribution is 2.31. The van der Waals surface area contributed by atoms with Crippen molar-refractivity contribution in [2.45, 2.75) is 38.2 Å². The first kappa shape index (κ1) is 14.3. The van der Waals surface area contributed by atoms with E-state index in [2.05, 4.69) is 11.0 Å². The van der Waals surface area contributed by atoms with E-state index in [0.29, 0.717) is 11.5 Å². The van der Waals surface area contributed by atoms with Gasteiger partial charge in [0.25, 0.3) is 0 Å². The second-order valence-electron chi connectivity index (χ2n) is 5.65. The van der Waals surface area contributed by atoms with Crippen molar-refractivity contribution in [3.8, 4) is 0 Å². The molecule has 3 N–H and O–H groups in total. The van der Waals surface area contributed by atoms with Crippen molar-refractivity contribution < 1.29 is 5.11 Å². The molecule has 0 unspecified atom stereocenters. The molecule has 19 heavy (non-hydrogen) atoms. The first-order valence-electron chi connectivity index (χ1n) is 6.75. The lowest BCUT2D eigenvalue weighted by atomic mass is 10.0. The van der Waals surface area contributed by atoms with Crippen LogP contribution < -0.4 is 10.6 Å². The van der Waals surface area contributed by atoms with Gasteiger partial charge in [0, 0.05) is 24.8 Å². The summed E-state index contributed by atoms with van der Waals surface area (Å²) in [6.07, 6.45) is 4.07. The average molecular weight is 278 g/mol. The molecule has 1 saturated carbocycles. The van der Waals surface area contributed by atoms with Crippen LogP contribution in [0.1, 0.15) is 36.8 Å². The van der Waals surface area contributed by atoms with Crippen LogP contribution in [-0.2, 0) is 0 Å². The van der Waals surface area contributed by atoms with E-state index in [4.69, 9.17) is 18.0 Å². The predicted molar refractivity (Wildman–Crippen MR) is 83.8 cm³/mol. The molecule has 0 aromatic heterocycles. The highest BCUT2D eigenvalue weighted by atomic mass is 32.1. The van der Waals surface area contributed by atoms with E-state index in [9.17, 15) is 5.11 Å². The molecule has 2 rings (SSSR count). The Balaban J connectivity index is 2.13. The molecule has 1 aromatic rings. The quantitative estimate of drug-likeness (QED) is 0.830. The zero-order chi connectivity index (χ0) is 14.0. The maximum absolute atomic E-state index is 10.5. The third-order valence-corrected chi connectivity index (χ3v) is 4.20. The van der Waals surface area contributed by atoms with Crippen molar-refractivity contribution in [3.05, 3.63) is 29.3 Å². The third kappa shape index (κ3) is 3.25. The first-order chi connectivity index (χ1) is 8.91. The van der Waals surface area contributed by atoms with Crippen molar-refractivity contribution in [1.29, 1.82) is 0 Å². The molecule has 0 heterocycles. The molecule has 4 heteroatoms. The predicted octanol–water partition coefficient (Wildman–Crippen LogP) is 2.37. The average Bonchev–Trinajstić information content (AvgIpc) is 2.75. The van der Waals surface area contributed by atoms with Gasteiger partial charge in [0.05, 0.1) is 5.60 Å². The minimum absolute atomic E-state index is 0.432. The van der Waals surface area contributed by atoms with Crippen molar-refractivity contribution in [1.82, 2.24) is 0 Å². The zero-order valence-corrected chi connectivity index (χ0v) is 12.5. The Labute approximate surface area is 120 Å². The van der Waals surface area contributed by atoms with Gasteiger partial charge in [-0.15, -0.1) is 0 Å². The van der Waals surface area contributed by atoms with Gasteiger partial charge < -0.3 is 15.7 Å². The molecule has 1 fully saturated rings. The van der Waals surface area contributed by atoms with Crippen molar-refractivity contribution >= 4 is 22.9 Å². The summed E-state index contributed by atoms with van der Waals surface area (Å²) in [5.74, 6) is 0. The zero-order valence-electron chi connectivity index (χ0n) is 11.6. The van der Waals surface area contributed by atoms with E-state index in [1.807, 2.05) is 26.1 Å². The lowest BCUT2D eigenvalue weighted by Gasteiger charge is -2.30. The molecule has 0 saturated heterocycles. The first-order valence-corrected chi connectivity index (χ1v) is 7.16. The highest BCUT2D eigenvalue weighted by Gasteiger charge is 2.32. The van der Waals surface area contributed by atoms with E-state index in [1.54, 1.807) is 0 Å². The standard InChI is InChI=1S/C15H22N2OS/c1-11-9-12(5-6-13(11)14(16)19)17(2)10-15(18)7-3-4-8-15/h5-6,9,18H,3-4,7-8,10H2,1-2H3,(H2,16,19). The summed E-state index contributed by atoms with van der Waals surface area (Å²) >= 11 is 5.02. The van der Waals surface area contributed by atoms with Gasteiger partial charge >= 0.3 is 0 Å². The van der Waals surface area contributed by atoms with E-state index in [0.717, 1.165) is 42.5 Å². The molecule has 104 valence electrons. The van der Waals surface area contributed by atoms with E-state index in [1.165, 1.54) is 0 Å². The van der Waals surface area contributed by atoms with Gasteiger partial charge in [-0.05, 0) is 43.5 Å². The number of likely N-dealkylation sites (N-methyl/N-ethyl adjacent to an activating group) is 1. The SMILES string of the molecule is Cc1cc(N(C)CC2(O)CCCC2)ccc1C(N)=S.